The van der Waals surface area contributed by atoms with Crippen LogP contribution < -0.4 is 14.8 Å². The number of benzene rings is 2. The average Bonchev–Trinajstić information content (AvgIpc) is 2.64. The Labute approximate surface area is 170 Å². The molecule has 0 radical (unpaired) electrons. The highest BCUT2D eigenvalue weighted by atomic mass is 79.9. The number of rotatable bonds is 11. The molecule has 0 heterocycles. The lowest BCUT2D eigenvalue weighted by Crippen LogP contribution is -2.15. The van der Waals surface area contributed by atoms with Gasteiger partial charge in [-0.15, -0.1) is 12.4 Å². The van der Waals surface area contributed by atoms with Crippen molar-refractivity contribution in [3.05, 3.63) is 58.1 Å². The minimum absolute atomic E-state index is 0. The maximum atomic E-state index is 8.78. The lowest BCUT2D eigenvalue weighted by atomic mass is 10.2. The number of methoxy groups -OCH3 is 1. The first kappa shape index (κ1) is 22.8. The van der Waals surface area contributed by atoms with Crippen molar-refractivity contribution in [2.24, 2.45) is 0 Å². The van der Waals surface area contributed by atoms with Gasteiger partial charge in [-0.25, -0.2) is 0 Å². The Hall–Kier alpha value is -1.27. The summed E-state index contributed by atoms with van der Waals surface area (Å²) in [5.74, 6) is 1.44. The Bertz CT molecular complexity index is 640. The van der Waals surface area contributed by atoms with Gasteiger partial charge in [0, 0.05) is 13.2 Å². The van der Waals surface area contributed by atoms with E-state index in [1.807, 2.05) is 36.4 Å². The molecule has 0 aliphatic rings. The van der Waals surface area contributed by atoms with Crippen LogP contribution in [0.3, 0.4) is 0 Å². The Morgan fingerprint density at radius 3 is 2.50 bits per heavy atom. The lowest BCUT2D eigenvalue weighted by molar-refractivity contribution is 0.282. The zero-order valence-electron chi connectivity index (χ0n) is 15.0. The summed E-state index contributed by atoms with van der Waals surface area (Å²) in [5.41, 5.74) is 2.25. The Morgan fingerprint density at radius 2 is 1.81 bits per heavy atom. The maximum absolute atomic E-state index is 8.78. The zero-order chi connectivity index (χ0) is 17.9. The summed E-state index contributed by atoms with van der Waals surface area (Å²) in [6.45, 7) is 2.48. The van der Waals surface area contributed by atoms with Crippen LogP contribution in [-0.2, 0) is 13.2 Å². The number of aliphatic hydroxyl groups is 1. The van der Waals surface area contributed by atoms with Gasteiger partial charge in [-0.3, -0.25) is 0 Å². The number of hydrogen-bond acceptors (Lipinski definition) is 4. The molecule has 0 saturated heterocycles. The molecule has 0 amide bonds. The van der Waals surface area contributed by atoms with Gasteiger partial charge in [-0.1, -0.05) is 30.3 Å². The number of nitrogens with one attached hydrogen (secondary N) is 1. The maximum Gasteiger partial charge on any atom is 0.175 e. The summed E-state index contributed by atoms with van der Waals surface area (Å²) in [6, 6.07) is 14.1. The van der Waals surface area contributed by atoms with Crippen LogP contribution in [0, 0.1) is 0 Å². The fraction of sp³-hybridized carbons (Fsp3) is 0.400. The molecule has 0 aliphatic heterocycles. The van der Waals surface area contributed by atoms with E-state index in [0.717, 1.165) is 59.5 Å². The second-order valence-electron chi connectivity index (χ2n) is 5.84. The number of ether oxygens (including phenoxy) is 2. The van der Waals surface area contributed by atoms with Crippen molar-refractivity contribution in [1.29, 1.82) is 0 Å². The van der Waals surface area contributed by atoms with E-state index < -0.39 is 0 Å². The monoisotopic (exact) mass is 443 g/mol. The predicted octanol–water partition coefficient (Wildman–Crippen LogP) is 4.71. The number of hydrogen-bond donors (Lipinski definition) is 2. The van der Waals surface area contributed by atoms with Gasteiger partial charge < -0.3 is 19.9 Å². The molecule has 2 aromatic carbocycles. The molecule has 0 atom stereocenters. The molecule has 2 aromatic rings. The molecule has 0 aromatic heterocycles. The molecular formula is C20H27BrClNO3. The number of aliphatic hydroxyl groups excluding tert-OH is 1. The first-order valence-corrected chi connectivity index (χ1v) is 9.38. The molecule has 2 rings (SSSR count). The molecule has 4 nitrogen and oxygen atoms in total. The normalized spacial score (nSPS) is 10.3. The molecule has 0 bridgehead atoms. The first-order chi connectivity index (χ1) is 12.2. The van der Waals surface area contributed by atoms with Crippen molar-refractivity contribution < 1.29 is 14.6 Å². The van der Waals surface area contributed by atoms with E-state index in [1.165, 1.54) is 0 Å². The summed E-state index contributed by atoms with van der Waals surface area (Å²) in [4.78, 5) is 0. The van der Waals surface area contributed by atoms with Crippen molar-refractivity contribution >= 4 is 28.3 Å². The van der Waals surface area contributed by atoms with Gasteiger partial charge >= 0.3 is 0 Å². The average molecular weight is 445 g/mol. The van der Waals surface area contributed by atoms with Crippen molar-refractivity contribution in [1.82, 2.24) is 5.32 Å². The van der Waals surface area contributed by atoms with E-state index in [4.69, 9.17) is 14.6 Å². The van der Waals surface area contributed by atoms with Gasteiger partial charge in [-0.05, 0) is 65.0 Å². The molecule has 2 N–H and O–H groups in total. The molecule has 144 valence electrons. The second kappa shape index (κ2) is 13.0. The van der Waals surface area contributed by atoms with Gasteiger partial charge in [0.05, 0.1) is 11.6 Å². The van der Waals surface area contributed by atoms with Gasteiger partial charge in [0.1, 0.15) is 6.61 Å². The quantitative estimate of drug-likeness (QED) is 0.493. The first-order valence-electron chi connectivity index (χ1n) is 8.59. The van der Waals surface area contributed by atoms with Gasteiger partial charge in [0.15, 0.2) is 11.5 Å². The highest BCUT2D eigenvalue weighted by Crippen LogP contribution is 2.37. The number of halogens is 2. The SMILES string of the molecule is COc1cc(CNCCCCCO)cc(Br)c1OCc1ccccc1.Cl. The Kier molecular flexibility index (Phi) is 11.4. The van der Waals surface area contributed by atoms with Crippen LogP contribution in [0.15, 0.2) is 46.9 Å². The van der Waals surface area contributed by atoms with Crippen LogP contribution in [0.5, 0.6) is 11.5 Å². The van der Waals surface area contributed by atoms with Crippen LogP contribution in [0.25, 0.3) is 0 Å². The number of unbranched alkanes of at least 4 members (excludes halogenated alkanes) is 2. The summed E-state index contributed by atoms with van der Waals surface area (Å²) < 4.78 is 12.3. The van der Waals surface area contributed by atoms with Crippen molar-refractivity contribution in [2.45, 2.75) is 32.4 Å². The predicted molar refractivity (Wildman–Crippen MR) is 111 cm³/mol. The highest BCUT2D eigenvalue weighted by molar-refractivity contribution is 9.10. The molecule has 0 spiro atoms. The largest absolute Gasteiger partial charge is 0.493 e. The van der Waals surface area contributed by atoms with Crippen LogP contribution in [0.1, 0.15) is 30.4 Å². The fourth-order valence-corrected chi connectivity index (χ4v) is 3.12. The summed E-state index contributed by atoms with van der Waals surface area (Å²) in [7, 11) is 1.66. The minimum Gasteiger partial charge on any atom is -0.493 e. The van der Waals surface area contributed by atoms with E-state index in [9.17, 15) is 0 Å². The molecule has 0 fully saturated rings. The fourth-order valence-electron chi connectivity index (χ4n) is 2.52. The van der Waals surface area contributed by atoms with Crippen LogP contribution in [0.4, 0.5) is 0 Å². The molecule has 0 aliphatic carbocycles. The van der Waals surface area contributed by atoms with Crippen LogP contribution >= 0.6 is 28.3 Å². The third-order valence-corrected chi connectivity index (χ3v) is 4.45. The Balaban J connectivity index is 0.00000338. The standard InChI is InChI=1S/C20H26BrNO3.ClH/c1-24-19-13-17(14-22-10-6-3-7-11-23)12-18(21)20(19)25-15-16-8-4-2-5-9-16;/h2,4-5,8-9,12-13,22-23H,3,6-7,10-11,14-15H2,1H3;1H. The Morgan fingerprint density at radius 1 is 1.04 bits per heavy atom. The van der Waals surface area contributed by atoms with Gasteiger partial charge in [0.2, 0.25) is 0 Å². The third kappa shape index (κ3) is 7.54. The minimum atomic E-state index is 0. The smallest absolute Gasteiger partial charge is 0.175 e. The third-order valence-electron chi connectivity index (χ3n) is 3.86. The van der Waals surface area contributed by atoms with Gasteiger partial charge in [0.25, 0.3) is 0 Å². The second-order valence-corrected chi connectivity index (χ2v) is 6.70. The van der Waals surface area contributed by atoms with E-state index in [2.05, 4.69) is 27.3 Å². The van der Waals surface area contributed by atoms with E-state index >= 15 is 0 Å². The van der Waals surface area contributed by atoms with Crippen molar-refractivity contribution in [3.8, 4) is 11.5 Å². The van der Waals surface area contributed by atoms with Crippen LogP contribution in [-0.4, -0.2) is 25.4 Å². The summed E-state index contributed by atoms with van der Waals surface area (Å²) in [6.07, 6.45) is 2.98. The topological polar surface area (TPSA) is 50.7 Å². The summed E-state index contributed by atoms with van der Waals surface area (Å²) >= 11 is 3.59. The highest BCUT2D eigenvalue weighted by Gasteiger charge is 2.12. The van der Waals surface area contributed by atoms with E-state index in [-0.39, 0.29) is 19.0 Å². The molecule has 6 heteroatoms. The lowest BCUT2D eigenvalue weighted by Gasteiger charge is -2.15. The van der Waals surface area contributed by atoms with Crippen molar-refractivity contribution in [2.75, 3.05) is 20.3 Å². The molecule has 0 unspecified atom stereocenters. The van der Waals surface area contributed by atoms with Gasteiger partial charge in [-0.2, -0.15) is 0 Å². The van der Waals surface area contributed by atoms with E-state index in [1.54, 1.807) is 7.11 Å². The molecular weight excluding hydrogens is 418 g/mol. The molecule has 0 saturated carbocycles. The van der Waals surface area contributed by atoms with Crippen molar-refractivity contribution in [3.63, 3.8) is 0 Å². The summed E-state index contributed by atoms with van der Waals surface area (Å²) in [5, 5.41) is 12.2. The van der Waals surface area contributed by atoms with Crippen LogP contribution in [0.2, 0.25) is 0 Å². The van der Waals surface area contributed by atoms with E-state index in [0.29, 0.717) is 6.61 Å². The molecule has 26 heavy (non-hydrogen) atoms. The zero-order valence-corrected chi connectivity index (χ0v) is 17.4.